The number of hydrogen-bond donors (Lipinski definition) is 1. The van der Waals surface area contributed by atoms with Gasteiger partial charge in [0.15, 0.2) is 5.69 Å². The smallest absolute Gasteiger partial charge is 0.359 e. The average molecular weight is 422 g/mol. The highest BCUT2D eigenvalue weighted by Crippen LogP contribution is 2.30. The molecule has 0 aliphatic carbocycles. The monoisotopic (exact) mass is 422 g/mol. The Balaban J connectivity index is 1.90. The van der Waals surface area contributed by atoms with Crippen molar-refractivity contribution < 1.29 is 22.8 Å². The number of carbonyl (C=O) groups is 2. The molecule has 1 N–H and O–H groups in total. The van der Waals surface area contributed by atoms with Crippen LogP contribution in [-0.2, 0) is 11.0 Å². The number of rotatable bonds is 3. The van der Waals surface area contributed by atoms with Gasteiger partial charge in [0.25, 0.3) is 5.91 Å². The van der Waals surface area contributed by atoms with Crippen LogP contribution in [-0.4, -0.2) is 46.6 Å². The first-order valence-corrected chi connectivity index (χ1v) is 9.41. The Morgan fingerprint density at radius 3 is 2.43 bits per heavy atom. The van der Waals surface area contributed by atoms with E-state index >= 15 is 0 Å². The van der Waals surface area contributed by atoms with Gasteiger partial charge in [-0.05, 0) is 38.0 Å². The lowest BCUT2D eigenvalue weighted by atomic mass is 9.96. The number of nitrogens with zero attached hydrogens (tertiary/aromatic N) is 3. The van der Waals surface area contributed by atoms with Crippen LogP contribution in [0.3, 0.4) is 0 Å². The molecule has 3 rings (SSSR count). The molecule has 1 saturated heterocycles. The zero-order valence-electron chi connectivity index (χ0n) is 16.5. The minimum absolute atomic E-state index is 0.0923. The van der Waals surface area contributed by atoms with Gasteiger partial charge >= 0.3 is 6.18 Å². The van der Waals surface area contributed by atoms with Crippen molar-refractivity contribution >= 4 is 11.8 Å². The summed E-state index contributed by atoms with van der Waals surface area (Å²) in [4.78, 5) is 38.4. The van der Waals surface area contributed by atoms with E-state index in [4.69, 9.17) is 0 Å². The van der Waals surface area contributed by atoms with Crippen molar-refractivity contribution in [2.45, 2.75) is 25.9 Å². The number of amides is 2. The number of benzene rings is 1. The zero-order valence-corrected chi connectivity index (χ0v) is 16.5. The maximum atomic E-state index is 13.0. The molecule has 0 bridgehead atoms. The predicted octanol–water partition coefficient (Wildman–Crippen LogP) is 2.16. The third kappa shape index (κ3) is 4.37. The average Bonchev–Trinajstić information content (AvgIpc) is 2.72. The molecule has 30 heavy (non-hydrogen) atoms. The van der Waals surface area contributed by atoms with E-state index in [1.54, 1.807) is 7.05 Å². The number of hydrogen-bond acceptors (Lipinski definition) is 4. The van der Waals surface area contributed by atoms with E-state index < -0.39 is 23.1 Å². The van der Waals surface area contributed by atoms with Crippen LogP contribution in [0.15, 0.2) is 35.1 Å². The van der Waals surface area contributed by atoms with Gasteiger partial charge in [-0.25, -0.2) is 4.68 Å². The third-order valence-electron chi connectivity index (χ3n) is 5.13. The van der Waals surface area contributed by atoms with Gasteiger partial charge < -0.3 is 10.2 Å². The first kappa shape index (κ1) is 21.5. The van der Waals surface area contributed by atoms with Gasteiger partial charge in [-0.1, -0.05) is 6.07 Å². The van der Waals surface area contributed by atoms with Crippen molar-refractivity contribution in [3.8, 4) is 5.69 Å². The second kappa shape index (κ2) is 8.29. The van der Waals surface area contributed by atoms with Gasteiger partial charge in [0.05, 0.1) is 11.3 Å². The van der Waals surface area contributed by atoms with Gasteiger partial charge in [-0.15, -0.1) is 0 Å². The summed E-state index contributed by atoms with van der Waals surface area (Å²) in [7, 11) is 1.55. The molecule has 0 saturated carbocycles. The summed E-state index contributed by atoms with van der Waals surface area (Å²) in [5.41, 5.74) is -1.43. The van der Waals surface area contributed by atoms with Crippen molar-refractivity contribution in [3.05, 3.63) is 57.5 Å². The van der Waals surface area contributed by atoms with E-state index in [-0.39, 0.29) is 36.3 Å². The van der Waals surface area contributed by atoms with E-state index in [2.05, 4.69) is 10.4 Å². The highest BCUT2D eigenvalue weighted by atomic mass is 19.4. The van der Waals surface area contributed by atoms with Gasteiger partial charge in [-0.3, -0.25) is 14.4 Å². The molecule has 2 aromatic rings. The van der Waals surface area contributed by atoms with Crippen molar-refractivity contribution in [1.29, 1.82) is 0 Å². The summed E-state index contributed by atoms with van der Waals surface area (Å²) in [5.74, 6) is -0.898. The molecule has 0 atom stereocenters. The molecular formula is C20H21F3N4O3. The normalized spacial score (nSPS) is 15.2. The zero-order chi connectivity index (χ0) is 22.1. The fourth-order valence-electron chi connectivity index (χ4n) is 3.47. The van der Waals surface area contributed by atoms with Gasteiger partial charge in [0.1, 0.15) is 0 Å². The molecule has 1 fully saturated rings. The number of aromatic nitrogens is 2. The molecule has 2 amide bonds. The number of halogens is 3. The van der Waals surface area contributed by atoms with Gasteiger partial charge in [-0.2, -0.15) is 18.3 Å². The maximum absolute atomic E-state index is 13.0. The summed E-state index contributed by atoms with van der Waals surface area (Å²) in [5, 5.41) is 6.66. The largest absolute Gasteiger partial charge is 0.416 e. The molecule has 1 aliphatic heterocycles. The lowest BCUT2D eigenvalue weighted by Crippen LogP contribution is -2.44. The Morgan fingerprint density at radius 2 is 1.83 bits per heavy atom. The van der Waals surface area contributed by atoms with E-state index in [0.29, 0.717) is 18.5 Å². The first-order chi connectivity index (χ1) is 14.1. The van der Waals surface area contributed by atoms with Crippen LogP contribution < -0.4 is 10.7 Å². The van der Waals surface area contributed by atoms with Crippen LogP contribution in [0.25, 0.3) is 5.69 Å². The van der Waals surface area contributed by atoms with Crippen molar-refractivity contribution in [2.24, 2.45) is 5.92 Å². The lowest BCUT2D eigenvalue weighted by Gasteiger charge is -2.30. The molecule has 0 spiro atoms. The number of carbonyl (C=O) groups excluding carboxylic acids is 2. The third-order valence-corrected chi connectivity index (χ3v) is 5.13. The SMILES string of the molecule is CNC(=O)C1CCN(C(=O)c2nn(-c3cccc(C(F)(F)F)c3)c(C)cc2=O)CC1. The highest BCUT2D eigenvalue weighted by Gasteiger charge is 2.31. The summed E-state index contributed by atoms with van der Waals surface area (Å²) >= 11 is 0. The number of likely N-dealkylation sites (tertiary alicyclic amines) is 1. The standard InChI is InChI=1S/C20H21F3N4O3/c1-12-10-16(28)17(19(30)26-8-6-13(7-9-26)18(29)24-2)25-27(12)15-5-3-4-14(11-15)20(21,22)23/h3-5,10-11,13H,6-9H2,1-2H3,(H,24,29). The Kier molecular flexibility index (Phi) is 5.95. The summed E-state index contributed by atoms with van der Waals surface area (Å²) in [6.07, 6.45) is -3.62. The minimum Gasteiger partial charge on any atom is -0.359 e. The van der Waals surface area contributed by atoms with Crippen molar-refractivity contribution in [2.75, 3.05) is 20.1 Å². The van der Waals surface area contributed by atoms with Crippen LogP contribution in [0.5, 0.6) is 0 Å². The molecule has 7 nitrogen and oxygen atoms in total. The molecule has 160 valence electrons. The van der Waals surface area contributed by atoms with Crippen LogP contribution in [0.4, 0.5) is 13.2 Å². The lowest BCUT2D eigenvalue weighted by molar-refractivity contribution is -0.137. The summed E-state index contributed by atoms with van der Waals surface area (Å²) < 4.78 is 40.3. The highest BCUT2D eigenvalue weighted by molar-refractivity contribution is 5.92. The van der Waals surface area contributed by atoms with Crippen LogP contribution in [0.1, 0.15) is 34.6 Å². The first-order valence-electron chi connectivity index (χ1n) is 9.41. The summed E-state index contributed by atoms with van der Waals surface area (Å²) in [6, 6.07) is 5.68. The fraction of sp³-hybridized carbons (Fsp3) is 0.400. The fourth-order valence-corrected chi connectivity index (χ4v) is 3.47. The van der Waals surface area contributed by atoms with Crippen LogP contribution in [0.2, 0.25) is 0 Å². The number of piperidine rings is 1. The molecule has 1 aromatic carbocycles. The Morgan fingerprint density at radius 1 is 1.17 bits per heavy atom. The van der Waals surface area contributed by atoms with E-state index in [1.165, 1.54) is 30.0 Å². The molecule has 0 radical (unpaired) electrons. The Labute approximate surface area is 170 Å². The van der Waals surface area contributed by atoms with Gasteiger partial charge in [0.2, 0.25) is 11.3 Å². The van der Waals surface area contributed by atoms with E-state index in [1.807, 2.05) is 0 Å². The topological polar surface area (TPSA) is 84.3 Å². The van der Waals surface area contributed by atoms with E-state index in [0.717, 1.165) is 16.8 Å². The molecule has 0 unspecified atom stereocenters. The molecule has 1 aliphatic rings. The molecule has 10 heteroatoms. The second-order valence-corrected chi connectivity index (χ2v) is 7.14. The Hall–Kier alpha value is -3.17. The van der Waals surface area contributed by atoms with Crippen LogP contribution >= 0.6 is 0 Å². The predicted molar refractivity (Wildman–Crippen MR) is 102 cm³/mol. The maximum Gasteiger partial charge on any atom is 0.416 e. The number of alkyl halides is 3. The van der Waals surface area contributed by atoms with Crippen LogP contribution in [0, 0.1) is 12.8 Å². The quantitative estimate of drug-likeness (QED) is 0.822. The summed E-state index contributed by atoms with van der Waals surface area (Å²) in [6.45, 7) is 2.10. The number of nitrogens with one attached hydrogen (secondary N) is 1. The molecule has 1 aromatic heterocycles. The van der Waals surface area contributed by atoms with Crippen molar-refractivity contribution in [1.82, 2.24) is 20.0 Å². The van der Waals surface area contributed by atoms with Gasteiger partial charge in [0, 0.05) is 37.8 Å². The van der Waals surface area contributed by atoms with E-state index in [9.17, 15) is 27.6 Å². The Bertz CT molecular complexity index is 1020. The van der Waals surface area contributed by atoms with Crippen molar-refractivity contribution in [3.63, 3.8) is 0 Å². The number of aryl methyl sites for hydroxylation is 1. The minimum atomic E-state index is -4.53. The molecular weight excluding hydrogens is 401 g/mol. The molecule has 2 heterocycles. The second-order valence-electron chi connectivity index (χ2n) is 7.14.